The highest BCUT2D eigenvalue weighted by molar-refractivity contribution is 6.02. The minimum atomic E-state index is -0.0292. The molecule has 3 aliphatic rings. The zero-order valence-electron chi connectivity index (χ0n) is 21.4. The third-order valence-corrected chi connectivity index (χ3v) is 8.17. The van der Waals surface area contributed by atoms with Crippen LogP contribution in [-0.4, -0.2) is 16.8 Å². The number of rotatable bonds is 6. The number of dihydropyridines is 1. The van der Waals surface area contributed by atoms with Crippen molar-refractivity contribution >= 4 is 11.5 Å². The second kappa shape index (κ2) is 10.4. The van der Waals surface area contributed by atoms with Crippen molar-refractivity contribution < 1.29 is 4.79 Å². The van der Waals surface area contributed by atoms with Crippen molar-refractivity contribution in [1.29, 1.82) is 0 Å². The number of pyridine rings is 1. The Hall–Kier alpha value is -2.94. The van der Waals surface area contributed by atoms with Gasteiger partial charge in [0.25, 0.3) is 0 Å². The van der Waals surface area contributed by atoms with Crippen molar-refractivity contribution in [2.45, 2.75) is 84.1 Å². The standard InChI is InChI=1S/C32H38N2O/c1-4-6-23-10-14-25(15-11-23)28-16-12-24(17-21(28)2)18-30-32-26(7-5-8-31(32)35)19-29(34-30)27-13-9-22(3)33-20-27/h5,7,9,12-13,16-17,19-20,23,25,30,34H,4,6,8,10-11,14-15,18H2,1-3H3. The lowest BCUT2D eigenvalue weighted by molar-refractivity contribution is -0.115. The molecule has 1 aliphatic heterocycles. The number of nitrogens with zero attached hydrogens (tertiary/aromatic N) is 1. The van der Waals surface area contributed by atoms with E-state index in [4.69, 9.17) is 0 Å². The number of ketones is 1. The van der Waals surface area contributed by atoms with Crippen LogP contribution in [0.1, 0.15) is 85.7 Å². The molecule has 1 N–H and O–H groups in total. The lowest BCUT2D eigenvalue weighted by atomic mass is 9.76. The highest BCUT2D eigenvalue weighted by Crippen LogP contribution is 2.39. The van der Waals surface area contributed by atoms with Gasteiger partial charge in [-0.05, 0) is 98.3 Å². The van der Waals surface area contributed by atoms with Crippen LogP contribution < -0.4 is 5.32 Å². The molecule has 0 radical (unpaired) electrons. The van der Waals surface area contributed by atoms with Crippen molar-refractivity contribution in [3.63, 3.8) is 0 Å². The molecular formula is C32H38N2O. The van der Waals surface area contributed by atoms with Crippen molar-refractivity contribution in [3.05, 3.63) is 93.9 Å². The Bertz CT molecular complexity index is 1180. The van der Waals surface area contributed by atoms with Crippen LogP contribution in [0.5, 0.6) is 0 Å². The minimum absolute atomic E-state index is 0.0292. The summed E-state index contributed by atoms with van der Waals surface area (Å²) < 4.78 is 0. The summed E-state index contributed by atoms with van der Waals surface area (Å²) in [4.78, 5) is 17.4. The van der Waals surface area contributed by atoms with Crippen LogP contribution in [0.2, 0.25) is 0 Å². The molecule has 0 spiro atoms. The van der Waals surface area contributed by atoms with Gasteiger partial charge in [-0.1, -0.05) is 50.1 Å². The van der Waals surface area contributed by atoms with Crippen molar-refractivity contribution in [3.8, 4) is 0 Å². The quantitative estimate of drug-likeness (QED) is 0.491. The Morgan fingerprint density at radius 3 is 2.60 bits per heavy atom. The molecule has 2 aliphatic carbocycles. The highest BCUT2D eigenvalue weighted by Gasteiger charge is 2.30. The number of allylic oxidation sites excluding steroid dienone is 4. The zero-order chi connectivity index (χ0) is 24.4. The maximum Gasteiger partial charge on any atom is 0.165 e. The molecule has 1 atom stereocenters. The van der Waals surface area contributed by atoms with Gasteiger partial charge in [0, 0.05) is 35.1 Å². The van der Waals surface area contributed by atoms with Gasteiger partial charge in [0.15, 0.2) is 5.78 Å². The second-order valence-electron chi connectivity index (χ2n) is 10.7. The first-order chi connectivity index (χ1) is 17.0. The summed E-state index contributed by atoms with van der Waals surface area (Å²) in [5, 5.41) is 3.69. The molecule has 1 aromatic carbocycles. The van der Waals surface area contributed by atoms with Crippen LogP contribution in [-0.2, 0) is 11.2 Å². The number of benzene rings is 1. The molecule has 5 rings (SSSR count). The summed E-state index contributed by atoms with van der Waals surface area (Å²) in [5.74, 6) is 1.87. The Kier molecular flexibility index (Phi) is 7.04. The fourth-order valence-electron chi connectivity index (χ4n) is 6.31. The number of carbonyl (C=O) groups is 1. The molecule has 1 unspecified atom stereocenters. The van der Waals surface area contributed by atoms with E-state index in [1.807, 2.05) is 25.3 Å². The van der Waals surface area contributed by atoms with Crippen LogP contribution in [0.25, 0.3) is 5.70 Å². The monoisotopic (exact) mass is 466 g/mol. The molecule has 0 amide bonds. The molecule has 1 aromatic heterocycles. The molecule has 3 heteroatoms. The van der Waals surface area contributed by atoms with Crippen LogP contribution in [0.4, 0.5) is 0 Å². The van der Waals surface area contributed by atoms with E-state index in [-0.39, 0.29) is 11.8 Å². The third kappa shape index (κ3) is 5.19. The number of carbonyl (C=O) groups excluding carboxylic acids is 1. The first-order valence-corrected chi connectivity index (χ1v) is 13.5. The smallest absolute Gasteiger partial charge is 0.165 e. The van der Waals surface area contributed by atoms with Gasteiger partial charge in [-0.2, -0.15) is 0 Å². The van der Waals surface area contributed by atoms with Gasteiger partial charge in [0.05, 0.1) is 6.04 Å². The van der Waals surface area contributed by atoms with E-state index in [9.17, 15) is 4.79 Å². The first-order valence-electron chi connectivity index (χ1n) is 13.5. The maximum atomic E-state index is 12.9. The SMILES string of the molecule is CCCC1CCC(c2ccc(CC3NC(c4ccc(C)nc4)=CC4=C3C(=O)CC=C4)cc2C)CC1. The van der Waals surface area contributed by atoms with Gasteiger partial charge in [0.1, 0.15) is 0 Å². The minimum Gasteiger partial charge on any atom is -0.377 e. The van der Waals surface area contributed by atoms with E-state index in [0.29, 0.717) is 12.3 Å². The van der Waals surface area contributed by atoms with Crippen molar-refractivity contribution in [2.75, 3.05) is 0 Å². The average molecular weight is 467 g/mol. The summed E-state index contributed by atoms with van der Waals surface area (Å²) >= 11 is 0. The van der Waals surface area contributed by atoms with Crippen LogP contribution in [0.15, 0.2) is 65.9 Å². The summed E-state index contributed by atoms with van der Waals surface area (Å²) in [7, 11) is 0. The number of aromatic nitrogens is 1. The van der Waals surface area contributed by atoms with E-state index >= 15 is 0 Å². The summed E-state index contributed by atoms with van der Waals surface area (Å²) in [6.45, 7) is 6.58. The largest absolute Gasteiger partial charge is 0.377 e. The van der Waals surface area contributed by atoms with E-state index in [2.05, 4.69) is 60.6 Å². The Morgan fingerprint density at radius 2 is 1.89 bits per heavy atom. The molecule has 2 heterocycles. The molecule has 182 valence electrons. The molecule has 0 bridgehead atoms. The van der Waals surface area contributed by atoms with Gasteiger partial charge in [0.2, 0.25) is 0 Å². The number of hydrogen-bond donors (Lipinski definition) is 1. The predicted octanol–water partition coefficient (Wildman–Crippen LogP) is 7.15. The van der Waals surface area contributed by atoms with Crippen LogP contribution in [0, 0.1) is 19.8 Å². The lowest BCUT2D eigenvalue weighted by Gasteiger charge is -2.31. The second-order valence-corrected chi connectivity index (χ2v) is 10.7. The van der Waals surface area contributed by atoms with Gasteiger partial charge in [-0.15, -0.1) is 0 Å². The number of Topliss-reactive ketones (excluding diaryl/α,β-unsaturated/α-hetero) is 1. The highest BCUT2D eigenvalue weighted by atomic mass is 16.1. The van der Waals surface area contributed by atoms with Gasteiger partial charge < -0.3 is 5.32 Å². The molecule has 1 fully saturated rings. The summed E-state index contributed by atoms with van der Waals surface area (Å²) in [6.07, 6.45) is 17.5. The number of hydrogen-bond acceptors (Lipinski definition) is 3. The molecule has 3 nitrogen and oxygen atoms in total. The van der Waals surface area contributed by atoms with E-state index < -0.39 is 0 Å². The van der Waals surface area contributed by atoms with E-state index in [1.54, 1.807) is 0 Å². The third-order valence-electron chi connectivity index (χ3n) is 8.17. The first kappa shape index (κ1) is 23.8. The van der Waals surface area contributed by atoms with Gasteiger partial charge >= 0.3 is 0 Å². The van der Waals surface area contributed by atoms with Gasteiger partial charge in [-0.3, -0.25) is 9.78 Å². The average Bonchev–Trinajstić information content (AvgIpc) is 2.85. The lowest BCUT2D eigenvalue weighted by Crippen LogP contribution is -2.38. The molecule has 0 saturated heterocycles. The van der Waals surface area contributed by atoms with Gasteiger partial charge in [-0.25, -0.2) is 0 Å². The topological polar surface area (TPSA) is 42.0 Å². The number of aryl methyl sites for hydroxylation is 2. The van der Waals surface area contributed by atoms with E-state index in [0.717, 1.165) is 40.4 Å². The summed E-state index contributed by atoms with van der Waals surface area (Å²) in [5.41, 5.74) is 9.29. The Balaban J connectivity index is 1.36. The van der Waals surface area contributed by atoms with Crippen LogP contribution >= 0.6 is 0 Å². The van der Waals surface area contributed by atoms with Crippen molar-refractivity contribution in [1.82, 2.24) is 10.3 Å². The summed E-state index contributed by atoms with van der Waals surface area (Å²) in [6, 6.07) is 11.2. The molecule has 35 heavy (non-hydrogen) atoms. The van der Waals surface area contributed by atoms with Crippen LogP contribution in [0.3, 0.4) is 0 Å². The fraction of sp³-hybridized carbons (Fsp3) is 0.438. The molecule has 1 saturated carbocycles. The Morgan fingerprint density at radius 1 is 1.06 bits per heavy atom. The molecular weight excluding hydrogens is 428 g/mol. The zero-order valence-corrected chi connectivity index (χ0v) is 21.4. The number of nitrogens with one attached hydrogen (secondary N) is 1. The molecule has 2 aromatic rings. The fourth-order valence-corrected chi connectivity index (χ4v) is 6.31. The predicted molar refractivity (Wildman–Crippen MR) is 144 cm³/mol. The maximum absolute atomic E-state index is 12.9. The Labute approximate surface area is 210 Å². The normalized spacial score (nSPS) is 24.1. The van der Waals surface area contributed by atoms with Crippen molar-refractivity contribution in [2.24, 2.45) is 5.92 Å². The van der Waals surface area contributed by atoms with E-state index in [1.165, 1.54) is 55.2 Å².